The lowest BCUT2D eigenvalue weighted by atomic mass is 10.2. The van der Waals surface area contributed by atoms with E-state index in [4.69, 9.17) is 0 Å². The van der Waals surface area contributed by atoms with Crippen molar-refractivity contribution in [2.45, 2.75) is 26.8 Å². The van der Waals surface area contributed by atoms with Crippen LogP contribution in [0, 0.1) is 5.92 Å². The van der Waals surface area contributed by atoms with Crippen molar-refractivity contribution in [3.63, 3.8) is 0 Å². The molecule has 1 heterocycles. The first-order chi connectivity index (χ1) is 10.4. The second-order valence-corrected chi connectivity index (χ2v) is 5.79. The highest BCUT2D eigenvalue weighted by Crippen LogP contribution is 2.25. The number of anilines is 1. The van der Waals surface area contributed by atoms with E-state index >= 15 is 0 Å². The van der Waals surface area contributed by atoms with E-state index in [0.717, 1.165) is 4.90 Å². The minimum Gasteiger partial charge on any atom is -0.354 e. The van der Waals surface area contributed by atoms with Gasteiger partial charge in [-0.05, 0) is 25.0 Å². The van der Waals surface area contributed by atoms with E-state index in [1.165, 1.54) is 4.90 Å². The third-order valence-electron chi connectivity index (χ3n) is 3.49. The van der Waals surface area contributed by atoms with Crippen LogP contribution in [0.25, 0.3) is 0 Å². The maximum Gasteiger partial charge on any atom is 0.332 e. The summed E-state index contributed by atoms with van der Waals surface area (Å²) in [4.78, 5) is 39.0. The number of hydrogen-bond acceptors (Lipinski definition) is 3. The van der Waals surface area contributed by atoms with Crippen LogP contribution in [0.4, 0.5) is 10.5 Å². The van der Waals surface area contributed by atoms with Gasteiger partial charge >= 0.3 is 6.03 Å². The van der Waals surface area contributed by atoms with Gasteiger partial charge in [-0.1, -0.05) is 32.0 Å². The number of urea groups is 1. The zero-order valence-electron chi connectivity index (χ0n) is 13.1. The molecule has 0 saturated carbocycles. The number of benzene rings is 1. The lowest BCUT2D eigenvalue weighted by Gasteiger charge is -2.19. The third kappa shape index (κ3) is 3.27. The van der Waals surface area contributed by atoms with E-state index in [1.807, 2.05) is 19.9 Å². The van der Waals surface area contributed by atoms with Gasteiger partial charge in [0.1, 0.15) is 12.6 Å². The minimum atomic E-state index is -0.604. The average molecular weight is 303 g/mol. The van der Waals surface area contributed by atoms with Crippen LogP contribution in [-0.2, 0) is 9.59 Å². The van der Waals surface area contributed by atoms with Crippen LogP contribution >= 0.6 is 0 Å². The molecule has 6 nitrogen and oxygen atoms in total. The smallest absolute Gasteiger partial charge is 0.332 e. The second-order valence-electron chi connectivity index (χ2n) is 5.79. The van der Waals surface area contributed by atoms with E-state index in [1.54, 1.807) is 31.2 Å². The highest BCUT2D eigenvalue weighted by Gasteiger charge is 2.43. The molecule has 22 heavy (non-hydrogen) atoms. The van der Waals surface area contributed by atoms with Gasteiger partial charge in [0.15, 0.2) is 0 Å². The van der Waals surface area contributed by atoms with Gasteiger partial charge in [-0.2, -0.15) is 0 Å². The first kappa shape index (κ1) is 16.0. The van der Waals surface area contributed by atoms with Gasteiger partial charge in [-0.15, -0.1) is 0 Å². The highest BCUT2D eigenvalue weighted by atomic mass is 16.2. The molecule has 0 bridgehead atoms. The van der Waals surface area contributed by atoms with Crippen molar-refractivity contribution in [1.82, 2.24) is 10.2 Å². The first-order valence-electron chi connectivity index (χ1n) is 7.38. The van der Waals surface area contributed by atoms with E-state index in [2.05, 4.69) is 5.32 Å². The van der Waals surface area contributed by atoms with Gasteiger partial charge in [0.2, 0.25) is 5.91 Å². The molecule has 0 aromatic heterocycles. The molecule has 6 heteroatoms. The summed E-state index contributed by atoms with van der Waals surface area (Å²) >= 11 is 0. The molecule has 0 unspecified atom stereocenters. The Kier molecular flexibility index (Phi) is 4.80. The molecule has 2 rings (SSSR count). The number of rotatable bonds is 5. The Morgan fingerprint density at radius 2 is 1.86 bits per heavy atom. The Morgan fingerprint density at radius 3 is 2.45 bits per heavy atom. The molecule has 1 atom stereocenters. The van der Waals surface area contributed by atoms with Crippen LogP contribution in [0.3, 0.4) is 0 Å². The molecule has 0 spiro atoms. The normalized spacial score (nSPS) is 18.3. The number of imide groups is 1. The molecule has 4 amide bonds. The lowest BCUT2D eigenvalue weighted by molar-refractivity contribution is -0.131. The number of hydrogen-bond donors (Lipinski definition) is 1. The highest BCUT2D eigenvalue weighted by molar-refractivity contribution is 6.15. The van der Waals surface area contributed by atoms with Crippen LogP contribution in [0.5, 0.6) is 0 Å². The van der Waals surface area contributed by atoms with Crippen molar-refractivity contribution in [2.75, 3.05) is 18.0 Å². The molecule has 1 aromatic carbocycles. The van der Waals surface area contributed by atoms with Crippen LogP contribution in [0.15, 0.2) is 30.3 Å². The molecule has 1 aliphatic heterocycles. The summed E-state index contributed by atoms with van der Waals surface area (Å²) in [6.45, 7) is 5.90. The lowest BCUT2D eigenvalue weighted by Crippen LogP contribution is -2.42. The Hall–Kier alpha value is -2.37. The van der Waals surface area contributed by atoms with Crippen molar-refractivity contribution < 1.29 is 14.4 Å². The quantitative estimate of drug-likeness (QED) is 0.840. The standard InChI is InChI=1S/C16H21N3O3/c1-11(2)9-17-14(20)10-18-15(21)12(3)19(16(18)22)13-7-5-4-6-8-13/h4-8,11-12H,9-10H2,1-3H3,(H,17,20)/t12-/m0/s1. The number of carbonyl (C=O) groups excluding carboxylic acids is 3. The van der Waals surface area contributed by atoms with Crippen LogP contribution < -0.4 is 10.2 Å². The molecular formula is C16H21N3O3. The van der Waals surface area contributed by atoms with Gasteiger partial charge in [-0.3, -0.25) is 19.4 Å². The van der Waals surface area contributed by atoms with E-state index < -0.39 is 12.1 Å². The fourth-order valence-electron chi connectivity index (χ4n) is 2.31. The number of para-hydroxylation sites is 1. The average Bonchev–Trinajstić information content (AvgIpc) is 2.70. The maximum atomic E-state index is 12.5. The van der Waals surface area contributed by atoms with Gasteiger partial charge in [0.25, 0.3) is 5.91 Å². The summed E-state index contributed by atoms with van der Waals surface area (Å²) < 4.78 is 0. The topological polar surface area (TPSA) is 69.7 Å². The van der Waals surface area contributed by atoms with Crippen molar-refractivity contribution in [3.05, 3.63) is 30.3 Å². The Bertz CT molecular complexity index is 571. The minimum absolute atomic E-state index is 0.238. The van der Waals surface area contributed by atoms with E-state index in [0.29, 0.717) is 18.2 Å². The molecule has 1 saturated heterocycles. The fraction of sp³-hybridized carbons (Fsp3) is 0.438. The molecule has 118 valence electrons. The number of carbonyl (C=O) groups is 3. The Labute approximate surface area is 130 Å². The summed E-state index contributed by atoms with van der Waals surface area (Å²) in [6, 6.07) is 7.92. The number of amides is 4. The Balaban J connectivity index is 2.09. The largest absolute Gasteiger partial charge is 0.354 e. The van der Waals surface area contributed by atoms with Gasteiger partial charge < -0.3 is 5.32 Å². The van der Waals surface area contributed by atoms with Crippen molar-refractivity contribution in [3.8, 4) is 0 Å². The molecular weight excluding hydrogens is 282 g/mol. The number of nitrogens with zero attached hydrogens (tertiary/aromatic N) is 2. The number of nitrogens with one attached hydrogen (secondary N) is 1. The summed E-state index contributed by atoms with van der Waals surface area (Å²) in [5.74, 6) is -0.361. The monoisotopic (exact) mass is 303 g/mol. The van der Waals surface area contributed by atoms with Gasteiger partial charge in [0.05, 0.1) is 0 Å². The maximum absolute atomic E-state index is 12.5. The zero-order valence-corrected chi connectivity index (χ0v) is 13.1. The zero-order chi connectivity index (χ0) is 16.3. The fourth-order valence-corrected chi connectivity index (χ4v) is 2.31. The molecule has 1 fully saturated rings. The summed E-state index contributed by atoms with van der Waals surface area (Å²) in [7, 11) is 0. The first-order valence-corrected chi connectivity index (χ1v) is 7.38. The predicted molar refractivity (Wildman–Crippen MR) is 83.3 cm³/mol. The summed E-state index contributed by atoms with van der Waals surface area (Å²) in [5, 5.41) is 2.72. The van der Waals surface area contributed by atoms with Crippen LogP contribution in [0.2, 0.25) is 0 Å². The SMILES string of the molecule is CC(C)CNC(=O)CN1C(=O)[C@H](C)N(c2ccccc2)C1=O. The van der Waals surface area contributed by atoms with Crippen molar-refractivity contribution in [1.29, 1.82) is 0 Å². The van der Waals surface area contributed by atoms with Gasteiger partial charge in [-0.25, -0.2) is 4.79 Å². The third-order valence-corrected chi connectivity index (χ3v) is 3.49. The molecule has 1 aromatic rings. The predicted octanol–water partition coefficient (Wildman–Crippen LogP) is 1.62. The van der Waals surface area contributed by atoms with Gasteiger partial charge in [0, 0.05) is 12.2 Å². The summed E-state index contributed by atoms with van der Waals surface area (Å²) in [6.07, 6.45) is 0. The van der Waals surface area contributed by atoms with Crippen molar-refractivity contribution in [2.24, 2.45) is 5.92 Å². The van der Waals surface area contributed by atoms with E-state index in [9.17, 15) is 14.4 Å². The molecule has 1 aliphatic rings. The van der Waals surface area contributed by atoms with Crippen LogP contribution in [0.1, 0.15) is 20.8 Å². The molecule has 1 N–H and O–H groups in total. The van der Waals surface area contributed by atoms with E-state index in [-0.39, 0.29) is 18.4 Å². The Morgan fingerprint density at radius 1 is 1.23 bits per heavy atom. The second kappa shape index (κ2) is 6.60. The summed E-state index contributed by atoms with van der Waals surface area (Å²) in [5.41, 5.74) is 0.651. The molecule has 0 aliphatic carbocycles. The molecule has 0 radical (unpaired) electrons. The van der Waals surface area contributed by atoms with Crippen LogP contribution in [-0.4, -0.2) is 41.9 Å². The van der Waals surface area contributed by atoms with Crippen molar-refractivity contribution >= 4 is 23.5 Å².